The van der Waals surface area contributed by atoms with Crippen LogP contribution in [0.15, 0.2) is 28.8 Å². The molecule has 0 saturated heterocycles. The fourth-order valence-corrected chi connectivity index (χ4v) is 4.08. The van der Waals surface area contributed by atoms with Crippen LogP contribution in [0.1, 0.15) is 51.2 Å². The summed E-state index contributed by atoms with van der Waals surface area (Å²) in [7, 11) is 0. The molecule has 8 heteroatoms. The lowest BCUT2D eigenvalue weighted by molar-refractivity contribution is 0.292. The molecule has 0 radical (unpaired) electrons. The standard InChI is InChI=1S/C22H39N7S/c1-5-21-27-25-18-29(21)16-14-24-22(23-13-12-20-11-9-17-30-20)26-19(4)10-8-15-28(6-2)7-3/h9,11,17-19H,5-8,10,12-16H2,1-4H3,(H2,23,24,26). The molecular weight excluding hydrogens is 394 g/mol. The predicted octanol–water partition coefficient (Wildman–Crippen LogP) is 3.19. The van der Waals surface area contributed by atoms with E-state index < -0.39 is 0 Å². The Labute approximate surface area is 186 Å². The fraction of sp³-hybridized carbons (Fsp3) is 0.682. The van der Waals surface area contributed by atoms with Crippen molar-refractivity contribution < 1.29 is 0 Å². The Bertz CT molecular complexity index is 707. The normalized spacial score (nSPS) is 13.0. The van der Waals surface area contributed by atoms with E-state index in [2.05, 4.69) is 75.5 Å². The summed E-state index contributed by atoms with van der Waals surface area (Å²) in [5.41, 5.74) is 0. The topological polar surface area (TPSA) is 70.4 Å². The first kappa shape index (κ1) is 24.3. The van der Waals surface area contributed by atoms with Crippen molar-refractivity contribution >= 4 is 17.3 Å². The number of hydrogen-bond acceptors (Lipinski definition) is 5. The SMILES string of the molecule is CCc1nncn1CCNC(=NCCc1cccs1)NC(C)CCCN(CC)CC. The molecule has 0 bridgehead atoms. The third-order valence-electron chi connectivity index (χ3n) is 5.25. The maximum atomic E-state index is 4.83. The first-order chi connectivity index (χ1) is 14.7. The molecule has 0 aliphatic rings. The lowest BCUT2D eigenvalue weighted by atomic mass is 10.2. The van der Waals surface area contributed by atoms with Crippen molar-refractivity contribution in [3.05, 3.63) is 34.5 Å². The van der Waals surface area contributed by atoms with Crippen molar-refractivity contribution in [3.63, 3.8) is 0 Å². The summed E-state index contributed by atoms with van der Waals surface area (Å²) in [6.07, 6.45) is 6.00. The summed E-state index contributed by atoms with van der Waals surface area (Å²) >= 11 is 1.79. The predicted molar refractivity (Wildman–Crippen MR) is 127 cm³/mol. The number of guanidine groups is 1. The molecular formula is C22H39N7S. The van der Waals surface area contributed by atoms with Crippen LogP contribution in [0, 0.1) is 0 Å². The van der Waals surface area contributed by atoms with Crippen molar-refractivity contribution in [2.75, 3.05) is 32.7 Å². The zero-order chi connectivity index (χ0) is 21.6. The molecule has 168 valence electrons. The first-order valence-electron chi connectivity index (χ1n) is 11.3. The number of aryl methyl sites for hydroxylation is 1. The van der Waals surface area contributed by atoms with E-state index in [-0.39, 0.29) is 0 Å². The van der Waals surface area contributed by atoms with E-state index in [1.165, 1.54) is 11.3 Å². The van der Waals surface area contributed by atoms with Gasteiger partial charge >= 0.3 is 0 Å². The number of rotatable bonds is 14. The Morgan fingerprint density at radius 1 is 1.30 bits per heavy atom. The Morgan fingerprint density at radius 2 is 2.13 bits per heavy atom. The van der Waals surface area contributed by atoms with Crippen molar-refractivity contribution in [2.24, 2.45) is 4.99 Å². The minimum atomic E-state index is 0.384. The van der Waals surface area contributed by atoms with Crippen molar-refractivity contribution in [1.29, 1.82) is 0 Å². The minimum Gasteiger partial charge on any atom is -0.355 e. The zero-order valence-electron chi connectivity index (χ0n) is 19.1. The second kappa shape index (κ2) is 14.1. The van der Waals surface area contributed by atoms with Gasteiger partial charge in [0.2, 0.25) is 0 Å². The molecule has 2 heterocycles. The van der Waals surface area contributed by atoms with Gasteiger partial charge in [-0.2, -0.15) is 0 Å². The molecule has 0 fully saturated rings. The van der Waals surface area contributed by atoms with Gasteiger partial charge in [-0.1, -0.05) is 26.8 Å². The van der Waals surface area contributed by atoms with Gasteiger partial charge < -0.3 is 20.1 Å². The second-order valence-corrected chi connectivity index (χ2v) is 8.53. The van der Waals surface area contributed by atoms with E-state index in [4.69, 9.17) is 4.99 Å². The van der Waals surface area contributed by atoms with Crippen molar-refractivity contribution in [3.8, 4) is 0 Å². The third-order valence-corrected chi connectivity index (χ3v) is 6.19. The summed E-state index contributed by atoms with van der Waals surface area (Å²) in [5, 5.41) is 17.4. The molecule has 0 aliphatic carbocycles. The number of aliphatic imine (C=N–C) groups is 1. The summed E-state index contributed by atoms with van der Waals surface area (Å²) < 4.78 is 2.10. The van der Waals surface area contributed by atoms with E-state index in [0.717, 1.165) is 70.3 Å². The molecule has 2 aromatic heterocycles. The van der Waals surface area contributed by atoms with Crippen molar-refractivity contribution in [2.45, 2.75) is 66.0 Å². The van der Waals surface area contributed by atoms with Gasteiger partial charge in [-0.15, -0.1) is 21.5 Å². The lowest BCUT2D eigenvalue weighted by Gasteiger charge is -2.21. The van der Waals surface area contributed by atoms with Crippen LogP contribution in [0.3, 0.4) is 0 Å². The average Bonchev–Trinajstić information content (AvgIpc) is 3.43. The Hall–Kier alpha value is -1.93. The highest BCUT2D eigenvalue weighted by atomic mass is 32.1. The van der Waals surface area contributed by atoms with Gasteiger partial charge in [0.25, 0.3) is 0 Å². The van der Waals surface area contributed by atoms with Crippen molar-refractivity contribution in [1.82, 2.24) is 30.3 Å². The molecule has 1 unspecified atom stereocenters. The molecule has 0 amide bonds. The Morgan fingerprint density at radius 3 is 2.83 bits per heavy atom. The van der Waals surface area contributed by atoms with Gasteiger partial charge in [-0.25, -0.2) is 0 Å². The van der Waals surface area contributed by atoms with Crippen LogP contribution in [0.2, 0.25) is 0 Å². The maximum Gasteiger partial charge on any atom is 0.191 e. The molecule has 2 N–H and O–H groups in total. The summed E-state index contributed by atoms with van der Waals surface area (Å²) in [4.78, 5) is 8.68. The smallest absolute Gasteiger partial charge is 0.191 e. The van der Waals surface area contributed by atoms with Gasteiger partial charge in [-0.05, 0) is 50.8 Å². The highest BCUT2D eigenvalue weighted by Crippen LogP contribution is 2.09. The molecule has 30 heavy (non-hydrogen) atoms. The highest BCUT2D eigenvalue weighted by molar-refractivity contribution is 7.09. The van der Waals surface area contributed by atoms with Crippen LogP contribution in [-0.2, 0) is 19.4 Å². The van der Waals surface area contributed by atoms with Gasteiger partial charge in [0.15, 0.2) is 5.96 Å². The quantitative estimate of drug-likeness (QED) is 0.354. The van der Waals surface area contributed by atoms with Crippen LogP contribution in [-0.4, -0.2) is 64.4 Å². The fourth-order valence-electron chi connectivity index (χ4n) is 3.39. The second-order valence-electron chi connectivity index (χ2n) is 7.50. The summed E-state index contributed by atoms with van der Waals surface area (Å²) in [6, 6.07) is 4.66. The molecule has 1 atom stereocenters. The molecule has 0 saturated carbocycles. The minimum absolute atomic E-state index is 0.384. The van der Waals surface area contributed by atoms with Gasteiger partial charge in [-0.3, -0.25) is 4.99 Å². The molecule has 0 spiro atoms. The van der Waals surface area contributed by atoms with E-state index in [9.17, 15) is 0 Å². The molecule has 2 rings (SSSR count). The highest BCUT2D eigenvalue weighted by Gasteiger charge is 2.08. The number of nitrogens with one attached hydrogen (secondary N) is 2. The molecule has 0 aliphatic heterocycles. The van der Waals surface area contributed by atoms with Gasteiger partial charge in [0.1, 0.15) is 12.2 Å². The number of thiophene rings is 1. The molecule has 2 aromatic rings. The van der Waals surface area contributed by atoms with E-state index in [0.29, 0.717) is 6.04 Å². The van der Waals surface area contributed by atoms with E-state index in [1.54, 1.807) is 17.7 Å². The largest absolute Gasteiger partial charge is 0.355 e. The lowest BCUT2D eigenvalue weighted by Crippen LogP contribution is -2.43. The van der Waals surface area contributed by atoms with Crippen LogP contribution < -0.4 is 10.6 Å². The zero-order valence-corrected chi connectivity index (χ0v) is 19.9. The molecule has 7 nitrogen and oxygen atoms in total. The monoisotopic (exact) mass is 433 g/mol. The third kappa shape index (κ3) is 8.83. The van der Waals surface area contributed by atoms with Crippen LogP contribution in [0.4, 0.5) is 0 Å². The van der Waals surface area contributed by atoms with E-state index in [1.807, 2.05) is 0 Å². The van der Waals surface area contributed by atoms with Crippen LogP contribution in [0.25, 0.3) is 0 Å². The summed E-state index contributed by atoms with van der Waals surface area (Å²) in [5.74, 6) is 1.92. The maximum absolute atomic E-state index is 4.83. The number of nitrogens with zero attached hydrogens (tertiary/aromatic N) is 5. The first-order valence-corrected chi connectivity index (χ1v) is 12.2. The Kier molecular flexibility index (Phi) is 11.5. The van der Waals surface area contributed by atoms with Gasteiger partial charge in [0, 0.05) is 43.4 Å². The number of hydrogen-bond donors (Lipinski definition) is 2. The molecule has 0 aromatic carbocycles. The number of aromatic nitrogens is 3. The Balaban J connectivity index is 1.84. The summed E-state index contributed by atoms with van der Waals surface area (Å²) in [6.45, 7) is 14.6. The van der Waals surface area contributed by atoms with Gasteiger partial charge in [0.05, 0.1) is 0 Å². The van der Waals surface area contributed by atoms with Crippen LogP contribution in [0.5, 0.6) is 0 Å². The van der Waals surface area contributed by atoms with E-state index >= 15 is 0 Å². The average molecular weight is 434 g/mol. The van der Waals surface area contributed by atoms with Crippen LogP contribution >= 0.6 is 11.3 Å².